The van der Waals surface area contributed by atoms with Gasteiger partial charge in [-0.05, 0) is 36.2 Å². The maximum Gasteiger partial charge on any atom is 0.129 e. The molecule has 0 aliphatic rings. The smallest absolute Gasteiger partial charge is 0.129 e. The molecule has 2 aromatic rings. The summed E-state index contributed by atoms with van der Waals surface area (Å²) < 4.78 is 37.7. The van der Waals surface area contributed by atoms with Gasteiger partial charge in [-0.2, -0.15) is 0 Å². The maximum absolute atomic E-state index is 13.7. The molecule has 0 spiro atoms. The Labute approximate surface area is 127 Å². The largest absolute Gasteiger partial charge is 0.497 e. The van der Waals surface area contributed by atoms with Crippen LogP contribution in [0.3, 0.4) is 0 Å². The second-order valence-electron chi connectivity index (χ2n) is 4.52. The van der Waals surface area contributed by atoms with Crippen molar-refractivity contribution in [1.29, 1.82) is 0 Å². The molecule has 2 rings (SSSR count). The minimum Gasteiger partial charge on any atom is -0.497 e. The Bertz CT molecular complexity index is 589. The summed E-state index contributed by atoms with van der Waals surface area (Å²) in [7, 11) is 3.05. The van der Waals surface area contributed by atoms with Crippen molar-refractivity contribution in [3.63, 3.8) is 0 Å². The van der Waals surface area contributed by atoms with E-state index in [9.17, 15) is 8.78 Å². The number of alkyl halides is 1. The average Bonchev–Trinajstić information content (AvgIpc) is 2.50. The van der Waals surface area contributed by atoms with Crippen molar-refractivity contribution in [1.82, 2.24) is 0 Å². The molecule has 0 aliphatic heterocycles. The maximum atomic E-state index is 13.7. The zero-order valence-electron chi connectivity index (χ0n) is 11.7. The van der Waals surface area contributed by atoms with Crippen molar-refractivity contribution >= 4 is 11.6 Å². The Morgan fingerprint density at radius 3 is 2.00 bits per heavy atom. The first-order valence-corrected chi connectivity index (χ1v) is 6.78. The summed E-state index contributed by atoms with van der Waals surface area (Å²) in [4.78, 5) is 0. The third kappa shape index (κ3) is 3.64. The topological polar surface area (TPSA) is 18.5 Å². The lowest BCUT2D eigenvalue weighted by Gasteiger charge is -2.14. The molecule has 0 radical (unpaired) electrons. The standard InChI is InChI=1S/C16H15ClF2O2/c1-20-11-6-10(7-12(8-11)21-2)14(17)9-13-15(18)4-3-5-16(13)19/h3-8,14H,9H2,1-2H3. The molecule has 1 atom stereocenters. The van der Waals surface area contributed by atoms with Crippen LogP contribution in [0.2, 0.25) is 0 Å². The monoisotopic (exact) mass is 312 g/mol. The molecule has 0 aromatic heterocycles. The molecule has 0 amide bonds. The average molecular weight is 313 g/mol. The lowest BCUT2D eigenvalue weighted by atomic mass is 10.0. The van der Waals surface area contributed by atoms with Crippen molar-refractivity contribution in [2.24, 2.45) is 0 Å². The van der Waals surface area contributed by atoms with Crippen LogP contribution in [0.5, 0.6) is 11.5 Å². The molecule has 0 aliphatic carbocycles. The fourth-order valence-corrected chi connectivity index (χ4v) is 2.31. The van der Waals surface area contributed by atoms with E-state index in [2.05, 4.69) is 0 Å². The van der Waals surface area contributed by atoms with E-state index in [4.69, 9.17) is 21.1 Å². The molecule has 1 unspecified atom stereocenters. The van der Waals surface area contributed by atoms with Crippen LogP contribution in [0.15, 0.2) is 36.4 Å². The van der Waals surface area contributed by atoms with E-state index in [1.807, 2.05) is 0 Å². The van der Waals surface area contributed by atoms with E-state index < -0.39 is 17.0 Å². The van der Waals surface area contributed by atoms with Gasteiger partial charge in [-0.15, -0.1) is 11.6 Å². The molecular formula is C16H15ClF2O2. The van der Waals surface area contributed by atoms with Crippen molar-refractivity contribution < 1.29 is 18.3 Å². The van der Waals surface area contributed by atoms with Crippen LogP contribution in [0.25, 0.3) is 0 Å². The minimum atomic E-state index is -0.601. The van der Waals surface area contributed by atoms with E-state index in [0.717, 1.165) is 0 Å². The normalized spacial score (nSPS) is 12.0. The van der Waals surface area contributed by atoms with Gasteiger partial charge in [-0.3, -0.25) is 0 Å². The van der Waals surface area contributed by atoms with Crippen molar-refractivity contribution in [2.75, 3.05) is 14.2 Å². The van der Waals surface area contributed by atoms with Crippen LogP contribution < -0.4 is 9.47 Å². The quantitative estimate of drug-likeness (QED) is 0.757. The predicted octanol–water partition coefficient (Wildman–Crippen LogP) is 4.50. The molecule has 0 saturated carbocycles. The molecule has 2 nitrogen and oxygen atoms in total. The van der Waals surface area contributed by atoms with Crippen LogP contribution in [-0.2, 0) is 6.42 Å². The summed E-state index contributed by atoms with van der Waals surface area (Å²) in [5.41, 5.74) is 0.648. The van der Waals surface area contributed by atoms with Gasteiger partial charge in [-0.1, -0.05) is 6.07 Å². The molecule has 2 aromatic carbocycles. The fourth-order valence-electron chi connectivity index (χ4n) is 2.03. The molecule has 0 saturated heterocycles. The van der Waals surface area contributed by atoms with Crippen molar-refractivity contribution in [3.05, 3.63) is 59.2 Å². The summed E-state index contributed by atoms with van der Waals surface area (Å²) in [6.07, 6.45) is 0.0381. The summed E-state index contributed by atoms with van der Waals surface area (Å²) in [5, 5.41) is -0.597. The Hall–Kier alpha value is -1.81. The molecule has 0 fully saturated rings. The highest BCUT2D eigenvalue weighted by molar-refractivity contribution is 6.21. The highest BCUT2D eigenvalue weighted by atomic mass is 35.5. The van der Waals surface area contributed by atoms with Gasteiger partial charge in [0.15, 0.2) is 0 Å². The Balaban J connectivity index is 2.30. The van der Waals surface area contributed by atoms with Gasteiger partial charge >= 0.3 is 0 Å². The van der Waals surface area contributed by atoms with E-state index >= 15 is 0 Å². The molecular weight excluding hydrogens is 298 g/mol. The third-order valence-corrected chi connectivity index (χ3v) is 3.59. The number of rotatable bonds is 5. The molecule has 112 valence electrons. The molecule has 5 heteroatoms. The molecule has 0 heterocycles. The summed E-state index contributed by atoms with van der Waals surface area (Å²) in [6, 6.07) is 8.91. The molecule has 0 N–H and O–H groups in total. The number of hydrogen-bond donors (Lipinski definition) is 0. The van der Waals surface area contributed by atoms with Crippen LogP contribution in [0, 0.1) is 11.6 Å². The van der Waals surface area contributed by atoms with E-state index in [-0.39, 0.29) is 12.0 Å². The Kier molecular flexibility index (Phi) is 5.02. The van der Waals surface area contributed by atoms with Crippen LogP contribution in [0.1, 0.15) is 16.5 Å². The SMILES string of the molecule is COc1cc(OC)cc(C(Cl)Cc2c(F)cccc2F)c1. The van der Waals surface area contributed by atoms with Gasteiger partial charge in [0, 0.05) is 11.6 Å². The van der Waals surface area contributed by atoms with Gasteiger partial charge in [0.25, 0.3) is 0 Å². The van der Waals surface area contributed by atoms with Crippen LogP contribution in [-0.4, -0.2) is 14.2 Å². The van der Waals surface area contributed by atoms with Gasteiger partial charge in [0.2, 0.25) is 0 Å². The number of hydrogen-bond acceptors (Lipinski definition) is 2. The zero-order valence-corrected chi connectivity index (χ0v) is 12.5. The highest BCUT2D eigenvalue weighted by Crippen LogP contribution is 2.32. The van der Waals surface area contributed by atoms with Gasteiger partial charge in [0.05, 0.1) is 19.6 Å². The summed E-state index contributed by atoms with van der Waals surface area (Å²) >= 11 is 6.30. The van der Waals surface area contributed by atoms with Crippen LogP contribution in [0.4, 0.5) is 8.78 Å². The zero-order chi connectivity index (χ0) is 15.4. The highest BCUT2D eigenvalue weighted by Gasteiger charge is 2.17. The number of halogens is 3. The summed E-state index contributed by atoms with van der Waals surface area (Å²) in [6.45, 7) is 0. The predicted molar refractivity (Wildman–Crippen MR) is 78.2 cm³/mol. The Morgan fingerprint density at radius 2 is 1.52 bits per heavy atom. The van der Waals surface area contributed by atoms with Crippen LogP contribution >= 0.6 is 11.6 Å². The summed E-state index contributed by atoms with van der Waals surface area (Å²) in [5.74, 6) is -0.0565. The lowest BCUT2D eigenvalue weighted by molar-refractivity contribution is 0.393. The first kappa shape index (κ1) is 15.6. The van der Waals surface area contributed by atoms with Gasteiger partial charge < -0.3 is 9.47 Å². The van der Waals surface area contributed by atoms with Crippen molar-refractivity contribution in [3.8, 4) is 11.5 Å². The van der Waals surface area contributed by atoms with Gasteiger partial charge in [0.1, 0.15) is 23.1 Å². The lowest BCUT2D eigenvalue weighted by Crippen LogP contribution is -2.02. The number of methoxy groups -OCH3 is 2. The second kappa shape index (κ2) is 6.76. The first-order chi connectivity index (χ1) is 10.0. The fraction of sp³-hybridized carbons (Fsp3) is 0.250. The molecule has 0 bridgehead atoms. The number of benzene rings is 2. The number of ether oxygens (including phenoxy) is 2. The van der Waals surface area contributed by atoms with E-state index in [1.54, 1.807) is 18.2 Å². The van der Waals surface area contributed by atoms with Crippen molar-refractivity contribution in [2.45, 2.75) is 11.8 Å². The third-order valence-electron chi connectivity index (χ3n) is 3.18. The second-order valence-corrected chi connectivity index (χ2v) is 5.04. The first-order valence-electron chi connectivity index (χ1n) is 6.35. The van der Waals surface area contributed by atoms with Gasteiger partial charge in [-0.25, -0.2) is 8.78 Å². The minimum absolute atomic E-state index is 0.0284. The van der Waals surface area contributed by atoms with E-state index in [0.29, 0.717) is 17.1 Å². The van der Waals surface area contributed by atoms with E-state index in [1.165, 1.54) is 32.4 Å². The Morgan fingerprint density at radius 1 is 1.00 bits per heavy atom. The molecule has 21 heavy (non-hydrogen) atoms.